The summed E-state index contributed by atoms with van der Waals surface area (Å²) in [7, 11) is 0. The number of H-pyrrole nitrogens is 1. The van der Waals surface area contributed by atoms with E-state index in [1.54, 1.807) is 6.20 Å². The lowest BCUT2D eigenvalue weighted by Gasteiger charge is -2.00. The van der Waals surface area contributed by atoms with Crippen LogP contribution in [0.3, 0.4) is 0 Å². The zero-order chi connectivity index (χ0) is 9.97. The van der Waals surface area contributed by atoms with Crippen LogP contribution in [-0.2, 0) is 0 Å². The Hall–Kier alpha value is -2.10. The smallest absolute Gasteiger partial charge is 0.344 e. The number of aromatic nitrogens is 2. The zero-order valence-corrected chi connectivity index (χ0v) is 7.40. The van der Waals surface area contributed by atoms with Gasteiger partial charge in [0.1, 0.15) is 0 Å². The quantitative estimate of drug-likeness (QED) is 0.654. The number of rotatable bonds is 1. The molecular weight excluding hydrogens is 178 g/mol. The molecule has 0 spiro atoms. The van der Waals surface area contributed by atoms with Crippen molar-refractivity contribution in [3.63, 3.8) is 0 Å². The van der Waals surface area contributed by atoms with Gasteiger partial charge in [0.15, 0.2) is 0 Å². The van der Waals surface area contributed by atoms with Crippen molar-refractivity contribution in [1.82, 2.24) is 9.97 Å². The van der Waals surface area contributed by atoms with Gasteiger partial charge in [0.05, 0.1) is 0 Å². The molecule has 2 aromatic rings. The van der Waals surface area contributed by atoms with Gasteiger partial charge in [0.2, 0.25) is 0 Å². The molecule has 70 valence electrons. The minimum Gasteiger partial charge on any atom is -0.399 e. The highest BCUT2D eigenvalue weighted by molar-refractivity contribution is 5.65. The van der Waals surface area contributed by atoms with Gasteiger partial charge < -0.3 is 10.7 Å². The van der Waals surface area contributed by atoms with Crippen molar-refractivity contribution in [3.05, 3.63) is 47.1 Å². The monoisotopic (exact) mass is 187 g/mol. The van der Waals surface area contributed by atoms with Crippen LogP contribution in [0.4, 0.5) is 5.69 Å². The molecule has 0 saturated heterocycles. The summed E-state index contributed by atoms with van der Waals surface area (Å²) in [6.07, 6.45) is 3.14. The molecule has 1 aromatic heterocycles. The van der Waals surface area contributed by atoms with Crippen LogP contribution in [0, 0.1) is 0 Å². The Kier molecular flexibility index (Phi) is 2.02. The standard InChI is InChI=1S/C10H9N3O/c11-9-3-1-2-7(4-9)8-5-12-10(14)13-6-8/h1-6H,11H2,(H,12,13,14). The molecule has 0 fully saturated rings. The molecule has 1 heterocycles. The van der Waals surface area contributed by atoms with Crippen molar-refractivity contribution < 1.29 is 0 Å². The highest BCUT2D eigenvalue weighted by Crippen LogP contribution is 2.18. The summed E-state index contributed by atoms with van der Waals surface area (Å²) in [4.78, 5) is 16.9. The van der Waals surface area contributed by atoms with E-state index in [1.807, 2.05) is 24.3 Å². The third-order valence-electron chi connectivity index (χ3n) is 1.89. The molecule has 4 heteroatoms. The summed E-state index contributed by atoms with van der Waals surface area (Å²) >= 11 is 0. The number of hydrogen-bond acceptors (Lipinski definition) is 3. The van der Waals surface area contributed by atoms with Crippen LogP contribution in [0.25, 0.3) is 11.1 Å². The Bertz CT molecular complexity index is 484. The molecule has 0 unspecified atom stereocenters. The first-order valence-corrected chi connectivity index (χ1v) is 4.16. The molecule has 0 amide bonds. The van der Waals surface area contributed by atoms with Gasteiger partial charge in [-0.1, -0.05) is 12.1 Å². The zero-order valence-electron chi connectivity index (χ0n) is 7.40. The normalized spacial score (nSPS) is 10.0. The average Bonchev–Trinajstić information content (AvgIpc) is 2.19. The van der Waals surface area contributed by atoms with Gasteiger partial charge in [-0.3, -0.25) is 0 Å². The highest BCUT2D eigenvalue weighted by atomic mass is 16.1. The summed E-state index contributed by atoms with van der Waals surface area (Å²) in [5.74, 6) is 0. The minimum atomic E-state index is -0.349. The van der Waals surface area contributed by atoms with Crippen LogP contribution >= 0.6 is 0 Å². The lowest BCUT2D eigenvalue weighted by atomic mass is 10.1. The number of anilines is 1. The summed E-state index contributed by atoms with van der Waals surface area (Å²) < 4.78 is 0. The number of nitrogens with zero attached hydrogens (tertiary/aromatic N) is 1. The predicted octanol–water partition coefficient (Wildman–Crippen LogP) is 1.02. The summed E-state index contributed by atoms with van der Waals surface area (Å²) in [5, 5.41) is 0. The Balaban J connectivity index is 2.49. The van der Waals surface area contributed by atoms with Gasteiger partial charge in [-0.2, -0.15) is 0 Å². The van der Waals surface area contributed by atoms with E-state index in [0.29, 0.717) is 5.69 Å². The molecule has 14 heavy (non-hydrogen) atoms. The first kappa shape index (κ1) is 8.50. The van der Waals surface area contributed by atoms with Crippen LogP contribution in [0.2, 0.25) is 0 Å². The van der Waals surface area contributed by atoms with E-state index in [9.17, 15) is 4.79 Å². The van der Waals surface area contributed by atoms with Crippen LogP contribution < -0.4 is 11.4 Å². The van der Waals surface area contributed by atoms with Crippen molar-refractivity contribution >= 4 is 5.69 Å². The van der Waals surface area contributed by atoms with Crippen molar-refractivity contribution in [1.29, 1.82) is 0 Å². The summed E-state index contributed by atoms with van der Waals surface area (Å²) in [6, 6.07) is 7.40. The molecule has 0 atom stereocenters. The molecular formula is C10H9N3O. The second-order valence-electron chi connectivity index (χ2n) is 2.93. The fourth-order valence-corrected chi connectivity index (χ4v) is 1.22. The topological polar surface area (TPSA) is 71.8 Å². The van der Waals surface area contributed by atoms with Crippen LogP contribution in [0.5, 0.6) is 0 Å². The number of benzene rings is 1. The summed E-state index contributed by atoms with van der Waals surface area (Å²) in [5.41, 5.74) is 7.76. The van der Waals surface area contributed by atoms with Crippen molar-refractivity contribution in [2.45, 2.75) is 0 Å². The number of nitrogens with two attached hydrogens (primary N) is 1. The number of hydrogen-bond donors (Lipinski definition) is 2. The van der Waals surface area contributed by atoms with Crippen molar-refractivity contribution in [3.8, 4) is 11.1 Å². The molecule has 3 N–H and O–H groups in total. The first-order chi connectivity index (χ1) is 6.75. The minimum absolute atomic E-state index is 0.349. The second kappa shape index (κ2) is 3.33. The van der Waals surface area contributed by atoms with E-state index < -0.39 is 0 Å². The molecule has 0 aliphatic heterocycles. The van der Waals surface area contributed by atoms with Crippen molar-refractivity contribution in [2.24, 2.45) is 0 Å². The average molecular weight is 187 g/mol. The van der Waals surface area contributed by atoms with Gasteiger partial charge in [-0.15, -0.1) is 0 Å². The van der Waals surface area contributed by atoms with Gasteiger partial charge in [-0.25, -0.2) is 9.78 Å². The van der Waals surface area contributed by atoms with Crippen LogP contribution in [0.15, 0.2) is 41.5 Å². The Morgan fingerprint density at radius 1 is 1.29 bits per heavy atom. The molecule has 0 saturated carbocycles. The Labute approximate surface area is 80.4 Å². The van der Waals surface area contributed by atoms with E-state index in [-0.39, 0.29) is 5.69 Å². The van der Waals surface area contributed by atoms with Crippen LogP contribution in [-0.4, -0.2) is 9.97 Å². The third kappa shape index (κ3) is 1.64. The van der Waals surface area contributed by atoms with Gasteiger partial charge in [-0.05, 0) is 17.7 Å². The first-order valence-electron chi connectivity index (χ1n) is 4.16. The fraction of sp³-hybridized carbons (Fsp3) is 0. The molecule has 0 aliphatic carbocycles. The SMILES string of the molecule is Nc1cccc(-c2cnc(=O)[nH]c2)c1. The van der Waals surface area contributed by atoms with E-state index in [2.05, 4.69) is 9.97 Å². The van der Waals surface area contributed by atoms with E-state index >= 15 is 0 Å². The number of nitrogen functional groups attached to an aromatic ring is 1. The lowest BCUT2D eigenvalue weighted by Crippen LogP contribution is -2.07. The molecule has 4 nitrogen and oxygen atoms in total. The van der Waals surface area contributed by atoms with E-state index in [0.717, 1.165) is 11.1 Å². The molecule has 0 radical (unpaired) electrons. The predicted molar refractivity (Wildman–Crippen MR) is 54.7 cm³/mol. The van der Waals surface area contributed by atoms with E-state index in [1.165, 1.54) is 6.20 Å². The maximum absolute atomic E-state index is 10.7. The molecule has 1 aromatic carbocycles. The van der Waals surface area contributed by atoms with Crippen molar-refractivity contribution in [2.75, 3.05) is 5.73 Å². The van der Waals surface area contributed by atoms with E-state index in [4.69, 9.17) is 5.73 Å². The van der Waals surface area contributed by atoms with Gasteiger partial charge in [0, 0.05) is 23.6 Å². The number of aromatic amines is 1. The van der Waals surface area contributed by atoms with Crippen LogP contribution in [0.1, 0.15) is 0 Å². The van der Waals surface area contributed by atoms with Gasteiger partial charge in [0.25, 0.3) is 0 Å². The number of nitrogens with one attached hydrogen (secondary N) is 1. The van der Waals surface area contributed by atoms with Gasteiger partial charge >= 0.3 is 5.69 Å². The second-order valence-corrected chi connectivity index (χ2v) is 2.93. The Morgan fingerprint density at radius 2 is 2.14 bits per heavy atom. The third-order valence-corrected chi connectivity index (χ3v) is 1.89. The maximum Gasteiger partial charge on any atom is 0.344 e. The molecule has 2 rings (SSSR count). The molecule has 0 aliphatic rings. The largest absolute Gasteiger partial charge is 0.399 e. The molecule has 0 bridgehead atoms. The lowest BCUT2D eigenvalue weighted by molar-refractivity contribution is 1.08. The highest BCUT2D eigenvalue weighted by Gasteiger charge is 1.97. The Morgan fingerprint density at radius 3 is 2.79 bits per heavy atom. The maximum atomic E-state index is 10.7. The summed E-state index contributed by atoms with van der Waals surface area (Å²) in [6.45, 7) is 0. The fourth-order valence-electron chi connectivity index (χ4n) is 1.22.